The van der Waals surface area contributed by atoms with Gasteiger partial charge in [-0.2, -0.15) is 0 Å². The number of anilines is 9. The van der Waals surface area contributed by atoms with Crippen molar-refractivity contribution in [2.75, 3.05) is 14.7 Å². The minimum absolute atomic E-state index is 0.0106. The van der Waals surface area contributed by atoms with Crippen LogP contribution in [0.25, 0.3) is 11.1 Å². The summed E-state index contributed by atoms with van der Waals surface area (Å²) in [6.45, 7) is 43.9. The molecule has 0 N–H and O–H groups in total. The van der Waals surface area contributed by atoms with Gasteiger partial charge in [0, 0.05) is 50.9 Å². The van der Waals surface area contributed by atoms with Gasteiger partial charge in [0.1, 0.15) is 0 Å². The van der Waals surface area contributed by atoms with E-state index >= 15 is 0 Å². The van der Waals surface area contributed by atoms with E-state index in [4.69, 9.17) is 0 Å². The summed E-state index contributed by atoms with van der Waals surface area (Å²) >= 11 is 0. The fourth-order valence-electron chi connectivity index (χ4n) is 15.7. The number of hydrogen-bond donors (Lipinski definition) is 0. The van der Waals surface area contributed by atoms with Gasteiger partial charge in [0.05, 0.1) is 5.69 Å². The summed E-state index contributed by atoms with van der Waals surface area (Å²) in [5.74, 6) is 0. The first-order chi connectivity index (χ1) is 38.0. The molecule has 412 valence electrons. The maximum Gasteiger partial charge on any atom is 0.252 e. The molecule has 0 radical (unpaired) electrons. The average Bonchev–Trinajstić information content (AvgIpc) is 3.90. The Morgan fingerprint density at radius 3 is 1.54 bits per heavy atom. The SMILES string of the molecule is Cc1ccccc1N(c1ccc2c(c1)N(c1ccc3c(c1C(C)(C)C)C(C)(C)c1ccccc1-3)c1cc(C(C)(C)C)cc3c1B2c1cc2c(cc1N3c1ccc3c(c1)C(C)(C)CCC3(C)C)C(C)(C)CCC2(C)C)c1ccccc1C. The second-order valence-electron chi connectivity index (χ2n) is 30.5. The number of rotatable bonds is 5. The number of nitrogens with zero attached hydrogens (tertiary/aromatic N) is 3. The molecule has 2 aliphatic heterocycles. The van der Waals surface area contributed by atoms with E-state index in [0.717, 1.165) is 18.5 Å². The number of aryl methyl sites for hydroxylation is 2. The molecule has 8 aromatic rings. The molecule has 0 saturated carbocycles. The van der Waals surface area contributed by atoms with Crippen LogP contribution in [-0.4, -0.2) is 6.71 Å². The number of hydrogen-bond acceptors (Lipinski definition) is 3. The van der Waals surface area contributed by atoms with Gasteiger partial charge in [-0.15, -0.1) is 0 Å². The van der Waals surface area contributed by atoms with Crippen molar-refractivity contribution in [1.29, 1.82) is 0 Å². The molecule has 5 aliphatic rings. The Balaban J connectivity index is 1.19. The van der Waals surface area contributed by atoms with Crippen LogP contribution in [0.1, 0.15) is 192 Å². The Morgan fingerprint density at radius 2 is 0.951 bits per heavy atom. The summed E-state index contributed by atoms with van der Waals surface area (Å²) in [7, 11) is 0. The predicted molar refractivity (Wildman–Crippen MR) is 350 cm³/mol. The van der Waals surface area contributed by atoms with Gasteiger partial charge in [0.2, 0.25) is 0 Å². The first kappa shape index (κ1) is 53.5. The van der Waals surface area contributed by atoms with E-state index in [1.165, 1.54) is 141 Å². The van der Waals surface area contributed by atoms with Gasteiger partial charge >= 0.3 is 0 Å². The summed E-state index contributed by atoms with van der Waals surface area (Å²) in [4.78, 5) is 8.04. The van der Waals surface area contributed by atoms with Crippen molar-refractivity contribution < 1.29 is 0 Å². The zero-order chi connectivity index (χ0) is 57.5. The highest BCUT2D eigenvalue weighted by Crippen LogP contribution is 2.58. The maximum atomic E-state index is 2.77. The minimum atomic E-state index is -0.232. The van der Waals surface area contributed by atoms with Crippen LogP contribution >= 0.6 is 0 Å². The topological polar surface area (TPSA) is 9.72 Å². The first-order valence-corrected chi connectivity index (χ1v) is 30.5. The molecule has 0 aromatic heterocycles. The summed E-state index contributed by atoms with van der Waals surface area (Å²) in [5.41, 5.74) is 31.6. The van der Waals surface area contributed by atoms with Crippen LogP contribution in [0.5, 0.6) is 0 Å². The van der Waals surface area contributed by atoms with Crippen LogP contribution in [0.4, 0.5) is 51.2 Å². The van der Waals surface area contributed by atoms with Gasteiger partial charge in [-0.1, -0.05) is 196 Å². The van der Waals surface area contributed by atoms with E-state index in [1.807, 2.05) is 0 Å². The smallest absolute Gasteiger partial charge is 0.252 e. The molecular weight excluding hydrogens is 978 g/mol. The Hall–Kier alpha value is -6.78. The third-order valence-electron chi connectivity index (χ3n) is 20.6. The van der Waals surface area contributed by atoms with Crippen LogP contribution in [0.2, 0.25) is 0 Å². The first-order valence-electron chi connectivity index (χ1n) is 30.5. The third kappa shape index (κ3) is 8.02. The minimum Gasteiger partial charge on any atom is -0.311 e. The Morgan fingerprint density at radius 1 is 0.420 bits per heavy atom. The fourth-order valence-corrected chi connectivity index (χ4v) is 15.7. The standard InChI is InChI=1S/C77H86BN3/c1-47-25-19-23-29-61(47)79(62-30-24-20-26-48(62)2)51-32-35-59-64(44-51)81(63-36-33-53-52-27-21-22-28-54(52)77(17,18)68(53)69(63)72(6,7)8)67-42-49(71(3,4)5)41-66-70(67)78(59)60-45-57-58(76(15,16)40-39-75(57,13)14)46-65(60)80(66)50-31-34-55-56(43-50)74(11,12)38-37-73(55,9)10/h19-36,41-46H,37-40H2,1-18H3. The van der Waals surface area contributed by atoms with Crippen molar-refractivity contribution in [2.45, 2.75) is 188 Å². The van der Waals surface area contributed by atoms with Gasteiger partial charge in [0.25, 0.3) is 6.71 Å². The van der Waals surface area contributed by atoms with Crippen LogP contribution in [0, 0.1) is 13.8 Å². The fraction of sp³-hybridized carbons (Fsp3) is 0.377. The van der Waals surface area contributed by atoms with Crippen molar-refractivity contribution in [3.63, 3.8) is 0 Å². The molecule has 0 bridgehead atoms. The molecule has 8 aromatic carbocycles. The highest BCUT2D eigenvalue weighted by atomic mass is 15.2. The molecule has 2 heterocycles. The predicted octanol–water partition coefficient (Wildman–Crippen LogP) is 19.5. The van der Waals surface area contributed by atoms with Crippen molar-refractivity contribution >= 4 is 74.3 Å². The van der Waals surface area contributed by atoms with Gasteiger partial charge in [0.15, 0.2) is 0 Å². The van der Waals surface area contributed by atoms with Crippen LogP contribution < -0.4 is 31.1 Å². The molecule has 4 heteroatoms. The summed E-state index contributed by atoms with van der Waals surface area (Å²) < 4.78 is 0. The van der Waals surface area contributed by atoms with Crippen molar-refractivity contribution in [3.05, 3.63) is 201 Å². The van der Waals surface area contributed by atoms with E-state index in [0.29, 0.717) is 0 Å². The van der Waals surface area contributed by atoms with E-state index in [2.05, 4.69) is 285 Å². The lowest BCUT2D eigenvalue weighted by molar-refractivity contribution is 0.332. The Labute approximate surface area is 486 Å². The molecule has 0 saturated heterocycles. The van der Waals surface area contributed by atoms with Gasteiger partial charge < -0.3 is 14.7 Å². The average molecular weight is 1060 g/mol. The normalized spacial score (nSPS) is 18.2. The summed E-state index contributed by atoms with van der Waals surface area (Å²) in [6, 6.07) is 57.8. The Bertz CT molecular complexity index is 3890. The number of benzene rings is 8. The lowest BCUT2D eigenvalue weighted by atomic mass is 9.33. The van der Waals surface area contributed by atoms with Gasteiger partial charge in [-0.25, -0.2) is 0 Å². The second-order valence-corrected chi connectivity index (χ2v) is 30.5. The van der Waals surface area contributed by atoms with E-state index < -0.39 is 0 Å². The molecular formula is C77H86BN3. The number of para-hydroxylation sites is 2. The zero-order valence-electron chi connectivity index (χ0n) is 52.1. The van der Waals surface area contributed by atoms with Crippen molar-refractivity contribution in [1.82, 2.24) is 0 Å². The third-order valence-corrected chi connectivity index (χ3v) is 20.6. The van der Waals surface area contributed by atoms with Crippen LogP contribution in [-0.2, 0) is 37.9 Å². The summed E-state index contributed by atoms with van der Waals surface area (Å²) in [5, 5.41) is 0. The lowest BCUT2D eigenvalue weighted by Crippen LogP contribution is -2.62. The molecule has 0 amide bonds. The van der Waals surface area contributed by atoms with E-state index in [-0.39, 0.29) is 44.6 Å². The van der Waals surface area contributed by atoms with Gasteiger partial charge in [-0.3, -0.25) is 0 Å². The highest BCUT2D eigenvalue weighted by molar-refractivity contribution is 7.00. The van der Waals surface area contributed by atoms with E-state index in [9.17, 15) is 0 Å². The molecule has 0 fully saturated rings. The second kappa shape index (κ2) is 17.6. The lowest BCUT2D eigenvalue weighted by Gasteiger charge is -2.49. The molecule has 0 spiro atoms. The maximum absolute atomic E-state index is 2.77. The zero-order valence-corrected chi connectivity index (χ0v) is 52.1. The van der Waals surface area contributed by atoms with Crippen molar-refractivity contribution in [3.8, 4) is 11.1 Å². The Kier molecular flexibility index (Phi) is 11.6. The molecule has 0 unspecified atom stereocenters. The molecule has 3 nitrogen and oxygen atoms in total. The van der Waals surface area contributed by atoms with E-state index in [1.54, 1.807) is 0 Å². The monoisotopic (exact) mass is 1060 g/mol. The summed E-state index contributed by atoms with van der Waals surface area (Å²) in [6.07, 6.45) is 4.66. The molecule has 3 aliphatic carbocycles. The largest absolute Gasteiger partial charge is 0.311 e. The van der Waals surface area contributed by atoms with Gasteiger partial charge in [-0.05, 0) is 216 Å². The molecule has 0 atom stereocenters. The molecule has 13 rings (SSSR count). The highest BCUT2D eigenvalue weighted by Gasteiger charge is 2.50. The van der Waals surface area contributed by atoms with Crippen LogP contribution in [0.3, 0.4) is 0 Å². The van der Waals surface area contributed by atoms with Crippen molar-refractivity contribution in [2.24, 2.45) is 0 Å². The van der Waals surface area contributed by atoms with Crippen LogP contribution in [0.15, 0.2) is 146 Å². The molecule has 81 heavy (non-hydrogen) atoms. The number of fused-ring (bicyclic) bond motifs is 9. The quantitative estimate of drug-likeness (QED) is 0.159.